The van der Waals surface area contributed by atoms with Crippen molar-refractivity contribution < 1.29 is 29.0 Å². The molecular formula is C31H35BrN2O6. The number of allylic oxidation sites excluding steroid dienone is 1. The van der Waals surface area contributed by atoms with Gasteiger partial charge in [0.05, 0.1) is 37.2 Å². The smallest absolute Gasteiger partial charge is 0.312 e. The number of hydrogen-bond donors (Lipinski definition) is 1. The fraction of sp³-hybridized carbons (Fsp3) is 0.452. The number of carbonyl (C=O) groups excluding carboxylic acids is 3. The number of aliphatic hydroxyl groups is 1. The first kappa shape index (κ1) is 28.5. The lowest BCUT2D eigenvalue weighted by Crippen LogP contribution is -2.58. The number of nitrogens with zero attached hydrogens (tertiary/aromatic N) is 2. The van der Waals surface area contributed by atoms with Crippen LogP contribution in [0.25, 0.3) is 10.8 Å². The minimum Gasteiger partial charge on any atom is -0.465 e. The van der Waals surface area contributed by atoms with Gasteiger partial charge in [0.15, 0.2) is 0 Å². The zero-order valence-electron chi connectivity index (χ0n) is 22.6. The summed E-state index contributed by atoms with van der Waals surface area (Å²) < 4.78 is 12.1. The van der Waals surface area contributed by atoms with Gasteiger partial charge < -0.3 is 24.4 Å². The van der Waals surface area contributed by atoms with Crippen molar-refractivity contribution in [3.8, 4) is 0 Å². The molecule has 0 aliphatic carbocycles. The first-order valence-electron chi connectivity index (χ1n) is 13.7. The second-order valence-electron chi connectivity index (χ2n) is 10.8. The first-order valence-corrected chi connectivity index (χ1v) is 14.6. The number of carbonyl (C=O) groups is 3. The van der Waals surface area contributed by atoms with Crippen molar-refractivity contribution in [1.82, 2.24) is 4.90 Å². The molecule has 1 spiro atoms. The number of esters is 1. The van der Waals surface area contributed by atoms with Gasteiger partial charge >= 0.3 is 5.97 Å². The number of likely N-dealkylation sites (tertiary alicyclic amines) is 1. The molecule has 3 aliphatic heterocycles. The number of amides is 2. The van der Waals surface area contributed by atoms with Crippen LogP contribution in [0.1, 0.15) is 26.2 Å². The topological polar surface area (TPSA) is 96.4 Å². The molecule has 3 unspecified atom stereocenters. The predicted molar refractivity (Wildman–Crippen MR) is 156 cm³/mol. The third-order valence-corrected chi connectivity index (χ3v) is 9.24. The Bertz CT molecular complexity index is 1330. The van der Waals surface area contributed by atoms with Gasteiger partial charge in [0, 0.05) is 17.1 Å². The minimum absolute atomic E-state index is 0.208. The quantitative estimate of drug-likeness (QED) is 0.179. The van der Waals surface area contributed by atoms with E-state index in [1.165, 1.54) is 4.90 Å². The summed E-state index contributed by atoms with van der Waals surface area (Å²) in [5.41, 5.74) is -0.578. The molecule has 40 heavy (non-hydrogen) atoms. The molecule has 0 aromatic heterocycles. The van der Waals surface area contributed by atoms with Crippen molar-refractivity contribution in [2.75, 3.05) is 24.7 Å². The Hall–Kier alpha value is -3.01. The molecule has 7 atom stereocenters. The van der Waals surface area contributed by atoms with Crippen molar-refractivity contribution in [3.63, 3.8) is 0 Å². The average molecular weight is 612 g/mol. The van der Waals surface area contributed by atoms with E-state index < -0.39 is 41.6 Å². The number of alkyl halides is 1. The maximum Gasteiger partial charge on any atom is 0.312 e. The van der Waals surface area contributed by atoms with E-state index in [2.05, 4.69) is 29.1 Å². The summed E-state index contributed by atoms with van der Waals surface area (Å²) >= 11 is 3.67. The maximum atomic E-state index is 14.6. The van der Waals surface area contributed by atoms with Crippen molar-refractivity contribution in [3.05, 3.63) is 67.8 Å². The van der Waals surface area contributed by atoms with Gasteiger partial charge in [-0.05, 0) is 49.1 Å². The molecule has 8 nitrogen and oxygen atoms in total. The van der Waals surface area contributed by atoms with Crippen LogP contribution in [-0.4, -0.2) is 76.2 Å². The zero-order valence-corrected chi connectivity index (χ0v) is 24.2. The van der Waals surface area contributed by atoms with Crippen LogP contribution in [-0.2, 0) is 23.9 Å². The summed E-state index contributed by atoms with van der Waals surface area (Å²) in [6.45, 7) is 9.33. The second-order valence-corrected chi connectivity index (χ2v) is 12.0. The molecule has 0 saturated carbocycles. The van der Waals surface area contributed by atoms with Gasteiger partial charge in [-0.1, -0.05) is 58.4 Å². The van der Waals surface area contributed by atoms with Crippen LogP contribution in [0.4, 0.5) is 5.69 Å². The highest BCUT2D eigenvalue weighted by Gasteiger charge is 2.77. The summed E-state index contributed by atoms with van der Waals surface area (Å²) in [6.07, 6.45) is 4.51. The van der Waals surface area contributed by atoms with E-state index in [9.17, 15) is 19.5 Å². The monoisotopic (exact) mass is 610 g/mol. The molecule has 3 saturated heterocycles. The van der Waals surface area contributed by atoms with E-state index in [0.29, 0.717) is 24.9 Å². The standard InChI is InChI=1S/C31H35BrN2O6/c1-4-6-9-15-39-30(38)24-25-28(36)34(19(3)18-35)27(31(25)17-23(32)26(24)40-31)29(37)33(14-5-2)22-13-12-20-10-7-8-11-21(20)16-22/h4-5,7-8,10-13,16,19,23-27,35H,1-2,6,9,14-15,17-18H2,3H3/t19-,23?,24-,25+,26-,27?,31?/m1/s1. The average Bonchev–Trinajstić information content (AvgIpc) is 3.56. The predicted octanol–water partition coefficient (Wildman–Crippen LogP) is 4.00. The van der Waals surface area contributed by atoms with Crippen LogP contribution in [0.3, 0.4) is 0 Å². The summed E-state index contributed by atoms with van der Waals surface area (Å²) in [4.78, 5) is 44.8. The van der Waals surface area contributed by atoms with Crippen LogP contribution < -0.4 is 4.90 Å². The van der Waals surface area contributed by atoms with Crippen LogP contribution in [0.2, 0.25) is 0 Å². The van der Waals surface area contributed by atoms with E-state index in [1.54, 1.807) is 24.0 Å². The van der Waals surface area contributed by atoms with Gasteiger partial charge in [0.1, 0.15) is 11.6 Å². The third kappa shape index (κ3) is 4.58. The van der Waals surface area contributed by atoms with Crippen LogP contribution >= 0.6 is 15.9 Å². The molecule has 2 bridgehead atoms. The minimum atomic E-state index is -1.24. The van der Waals surface area contributed by atoms with Gasteiger partial charge in [-0.3, -0.25) is 14.4 Å². The van der Waals surface area contributed by atoms with E-state index in [0.717, 1.165) is 10.8 Å². The highest BCUT2D eigenvalue weighted by molar-refractivity contribution is 9.09. The number of ether oxygens (including phenoxy) is 2. The molecular weight excluding hydrogens is 576 g/mol. The molecule has 5 rings (SSSR count). The van der Waals surface area contributed by atoms with E-state index in [1.807, 2.05) is 42.5 Å². The highest BCUT2D eigenvalue weighted by Crippen LogP contribution is 2.60. The Morgan fingerprint density at radius 1 is 1.25 bits per heavy atom. The van der Waals surface area contributed by atoms with Crippen LogP contribution in [0.15, 0.2) is 67.8 Å². The number of benzene rings is 2. The third-order valence-electron chi connectivity index (χ3n) is 8.39. The number of halogens is 1. The number of anilines is 1. The Kier molecular flexibility index (Phi) is 8.17. The summed E-state index contributed by atoms with van der Waals surface area (Å²) in [7, 11) is 0. The van der Waals surface area contributed by atoms with Gasteiger partial charge in [-0.15, -0.1) is 13.2 Å². The normalized spacial score (nSPS) is 29.3. The van der Waals surface area contributed by atoms with Crippen LogP contribution in [0, 0.1) is 11.8 Å². The Labute approximate surface area is 242 Å². The molecule has 2 aromatic rings. The van der Waals surface area contributed by atoms with Crippen molar-refractivity contribution in [2.45, 2.75) is 54.8 Å². The molecule has 0 radical (unpaired) electrons. The summed E-state index contributed by atoms with van der Waals surface area (Å²) in [5.74, 6) is -2.95. The molecule has 2 aromatic carbocycles. The SMILES string of the molecule is C=CCCCOC(=O)[C@H]1[C@@H]2OC3(CC2Br)C(C(=O)N(CC=C)c2ccc4ccccc4c2)N([C@H](C)CO)C(=O)[C@H]13. The number of rotatable bonds is 11. The van der Waals surface area contributed by atoms with Gasteiger partial charge in [-0.25, -0.2) is 0 Å². The van der Waals surface area contributed by atoms with Gasteiger partial charge in [-0.2, -0.15) is 0 Å². The van der Waals surface area contributed by atoms with Crippen molar-refractivity contribution >= 4 is 50.2 Å². The van der Waals surface area contributed by atoms with Crippen molar-refractivity contribution in [2.24, 2.45) is 11.8 Å². The fourth-order valence-electron chi connectivity index (χ4n) is 6.62. The molecule has 9 heteroatoms. The Morgan fingerprint density at radius 3 is 2.70 bits per heavy atom. The number of hydrogen-bond acceptors (Lipinski definition) is 6. The fourth-order valence-corrected chi connectivity index (χ4v) is 7.56. The molecule has 3 fully saturated rings. The lowest BCUT2D eigenvalue weighted by molar-refractivity contribution is -0.155. The maximum absolute atomic E-state index is 14.6. The Balaban J connectivity index is 1.54. The van der Waals surface area contributed by atoms with Crippen molar-refractivity contribution in [1.29, 1.82) is 0 Å². The summed E-state index contributed by atoms with van der Waals surface area (Å²) in [5, 5.41) is 12.1. The number of aliphatic hydroxyl groups excluding tert-OH is 1. The highest BCUT2D eigenvalue weighted by atomic mass is 79.9. The molecule has 3 aliphatic rings. The number of fused-ring (bicyclic) bond motifs is 2. The van der Waals surface area contributed by atoms with E-state index >= 15 is 0 Å². The van der Waals surface area contributed by atoms with E-state index in [-0.39, 0.29) is 36.4 Å². The number of unbranched alkanes of at least 4 members (excludes halogenated alkanes) is 1. The van der Waals surface area contributed by atoms with E-state index in [4.69, 9.17) is 9.47 Å². The Morgan fingerprint density at radius 2 is 2.00 bits per heavy atom. The van der Waals surface area contributed by atoms with Gasteiger partial charge in [0.2, 0.25) is 5.91 Å². The molecule has 1 N–H and O–H groups in total. The van der Waals surface area contributed by atoms with Gasteiger partial charge in [0.25, 0.3) is 5.91 Å². The van der Waals surface area contributed by atoms with Crippen LogP contribution in [0.5, 0.6) is 0 Å². The molecule has 3 heterocycles. The molecule has 212 valence electrons. The second kappa shape index (κ2) is 11.5. The lowest BCUT2D eigenvalue weighted by atomic mass is 9.70. The summed E-state index contributed by atoms with van der Waals surface area (Å²) in [6, 6.07) is 11.9. The first-order chi connectivity index (χ1) is 19.3. The molecule has 2 amide bonds. The largest absolute Gasteiger partial charge is 0.465 e. The zero-order chi connectivity index (χ0) is 28.6. The lowest BCUT2D eigenvalue weighted by Gasteiger charge is -2.38.